The van der Waals surface area contributed by atoms with Gasteiger partial charge in [0.05, 0.1) is 11.1 Å². The van der Waals surface area contributed by atoms with Crippen molar-refractivity contribution in [2.24, 2.45) is 7.05 Å². The summed E-state index contributed by atoms with van der Waals surface area (Å²) in [6, 6.07) is 7.38. The third-order valence-electron chi connectivity index (χ3n) is 5.11. The molecular formula is C21H22ClF3N4O2. The van der Waals surface area contributed by atoms with Gasteiger partial charge in [0.15, 0.2) is 0 Å². The third kappa shape index (κ3) is 5.04. The summed E-state index contributed by atoms with van der Waals surface area (Å²) in [7, 11) is 1.84. The van der Waals surface area contributed by atoms with Crippen molar-refractivity contribution >= 4 is 40.7 Å². The molecule has 3 aromatic rings. The SMILES string of the molecule is Cl.Cn1ccc2c(Nc3cccc(OC(F)(F)F)c3)ncc(C(=O)N3CCCCC3)c21. The molecule has 0 bridgehead atoms. The molecule has 0 atom stereocenters. The first-order valence-electron chi connectivity index (χ1n) is 9.68. The number of fused-ring (bicyclic) bond motifs is 1. The number of aromatic nitrogens is 2. The fraction of sp³-hybridized carbons (Fsp3) is 0.333. The van der Waals surface area contributed by atoms with Gasteiger partial charge in [0, 0.05) is 49.7 Å². The molecule has 6 nitrogen and oxygen atoms in total. The number of likely N-dealkylation sites (tertiary alicyclic amines) is 1. The molecule has 1 fully saturated rings. The monoisotopic (exact) mass is 454 g/mol. The van der Waals surface area contributed by atoms with Crippen molar-refractivity contribution in [2.45, 2.75) is 25.6 Å². The molecule has 1 N–H and O–H groups in total. The third-order valence-corrected chi connectivity index (χ3v) is 5.11. The van der Waals surface area contributed by atoms with Crippen LogP contribution in [0.4, 0.5) is 24.7 Å². The molecule has 0 aliphatic carbocycles. The molecule has 1 aliphatic rings. The van der Waals surface area contributed by atoms with Crippen molar-refractivity contribution in [3.8, 4) is 5.75 Å². The predicted molar refractivity (Wildman–Crippen MR) is 114 cm³/mol. The van der Waals surface area contributed by atoms with Crippen LogP contribution in [-0.4, -0.2) is 39.8 Å². The molecule has 0 spiro atoms. The number of benzene rings is 1. The number of carbonyl (C=O) groups excluding carboxylic acids is 1. The molecule has 31 heavy (non-hydrogen) atoms. The number of rotatable bonds is 4. The summed E-state index contributed by atoms with van der Waals surface area (Å²) in [5.74, 6) is 0.0692. The maximum atomic E-state index is 13.0. The van der Waals surface area contributed by atoms with Crippen LogP contribution in [0.2, 0.25) is 0 Å². The molecule has 10 heteroatoms. The largest absolute Gasteiger partial charge is 0.573 e. The summed E-state index contributed by atoms with van der Waals surface area (Å²) in [5, 5.41) is 3.75. The number of pyridine rings is 1. The second-order valence-electron chi connectivity index (χ2n) is 7.26. The lowest BCUT2D eigenvalue weighted by molar-refractivity contribution is -0.274. The quantitative estimate of drug-likeness (QED) is 0.584. The van der Waals surface area contributed by atoms with E-state index in [0.29, 0.717) is 22.5 Å². The number of nitrogens with one attached hydrogen (secondary N) is 1. The molecular weight excluding hydrogens is 433 g/mol. The van der Waals surface area contributed by atoms with E-state index in [1.165, 1.54) is 24.4 Å². The lowest BCUT2D eigenvalue weighted by Gasteiger charge is -2.27. The van der Waals surface area contributed by atoms with E-state index in [1.807, 2.05) is 28.8 Å². The second kappa shape index (κ2) is 9.05. The van der Waals surface area contributed by atoms with Crippen molar-refractivity contribution in [3.05, 3.63) is 48.3 Å². The Balaban J connectivity index is 0.00000272. The van der Waals surface area contributed by atoms with Crippen LogP contribution in [0.3, 0.4) is 0 Å². The molecule has 1 aliphatic heterocycles. The van der Waals surface area contributed by atoms with Crippen LogP contribution in [-0.2, 0) is 7.05 Å². The van der Waals surface area contributed by atoms with E-state index in [9.17, 15) is 18.0 Å². The van der Waals surface area contributed by atoms with E-state index >= 15 is 0 Å². The lowest BCUT2D eigenvalue weighted by atomic mass is 10.1. The van der Waals surface area contributed by atoms with E-state index in [2.05, 4.69) is 15.0 Å². The van der Waals surface area contributed by atoms with Gasteiger partial charge in [-0.15, -0.1) is 25.6 Å². The van der Waals surface area contributed by atoms with Crippen molar-refractivity contribution in [2.75, 3.05) is 18.4 Å². The Labute approximate surface area is 183 Å². The summed E-state index contributed by atoms with van der Waals surface area (Å²) in [4.78, 5) is 19.3. The van der Waals surface area contributed by atoms with Gasteiger partial charge in [0.2, 0.25) is 0 Å². The smallest absolute Gasteiger partial charge is 0.406 e. The predicted octanol–water partition coefficient (Wildman–Crippen LogP) is 5.26. The van der Waals surface area contributed by atoms with Crippen LogP contribution < -0.4 is 10.1 Å². The number of hydrogen-bond acceptors (Lipinski definition) is 4. The summed E-state index contributed by atoms with van der Waals surface area (Å²) < 4.78 is 43.3. The molecule has 4 rings (SSSR count). The standard InChI is InChI=1S/C21H21F3N4O2.ClH/c1-27-11-8-16-18(27)17(20(29)28-9-3-2-4-10-28)13-25-19(16)26-14-6-5-7-15(12-14)30-21(22,23)24;/h5-8,11-13H,2-4,9-10H2,1H3,(H,25,26);1H. The molecule has 0 unspecified atom stereocenters. The van der Waals surface area contributed by atoms with E-state index in [4.69, 9.17) is 0 Å². The normalized spacial score (nSPS) is 14.3. The van der Waals surface area contributed by atoms with Gasteiger partial charge in [0.1, 0.15) is 11.6 Å². The fourth-order valence-corrected chi connectivity index (χ4v) is 3.75. The number of ether oxygens (including phenoxy) is 1. The van der Waals surface area contributed by atoms with Gasteiger partial charge in [-0.25, -0.2) is 4.98 Å². The molecule has 0 saturated carbocycles. The Bertz CT molecular complexity index is 1080. The van der Waals surface area contributed by atoms with Crippen LogP contribution in [0.1, 0.15) is 29.6 Å². The summed E-state index contributed by atoms with van der Waals surface area (Å²) in [5.41, 5.74) is 1.63. The maximum absolute atomic E-state index is 13.0. The minimum Gasteiger partial charge on any atom is -0.406 e. The number of aryl methyl sites for hydroxylation is 1. The average molecular weight is 455 g/mol. The number of amides is 1. The molecule has 2 aromatic heterocycles. The highest BCUT2D eigenvalue weighted by Gasteiger charge is 2.31. The van der Waals surface area contributed by atoms with Gasteiger partial charge >= 0.3 is 6.36 Å². The topological polar surface area (TPSA) is 59.4 Å². The molecule has 166 valence electrons. The van der Waals surface area contributed by atoms with Crippen molar-refractivity contribution in [1.29, 1.82) is 0 Å². The van der Waals surface area contributed by atoms with Gasteiger partial charge in [0.25, 0.3) is 5.91 Å². The van der Waals surface area contributed by atoms with Crippen LogP contribution in [0.5, 0.6) is 5.75 Å². The first kappa shape index (κ1) is 22.7. The lowest BCUT2D eigenvalue weighted by Crippen LogP contribution is -2.35. The highest BCUT2D eigenvalue weighted by Crippen LogP contribution is 2.31. The first-order chi connectivity index (χ1) is 14.3. The molecule has 3 heterocycles. The zero-order valence-corrected chi connectivity index (χ0v) is 17.6. The minimum absolute atomic E-state index is 0. The highest BCUT2D eigenvalue weighted by atomic mass is 35.5. The van der Waals surface area contributed by atoms with Crippen molar-refractivity contribution in [3.63, 3.8) is 0 Å². The van der Waals surface area contributed by atoms with Crippen LogP contribution in [0.25, 0.3) is 10.9 Å². The number of halogens is 4. The highest BCUT2D eigenvalue weighted by molar-refractivity contribution is 6.08. The number of carbonyl (C=O) groups is 1. The summed E-state index contributed by atoms with van der Waals surface area (Å²) in [6.07, 6.45) is 1.70. The van der Waals surface area contributed by atoms with Gasteiger partial charge in [-0.3, -0.25) is 4.79 Å². The van der Waals surface area contributed by atoms with E-state index in [-0.39, 0.29) is 24.1 Å². The summed E-state index contributed by atoms with van der Waals surface area (Å²) in [6.45, 7) is 1.47. The first-order valence-corrected chi connectivity index (χ1v) is 9.68. The van der Waals surface area contributed by atoms with Crippen molar-refractivity contribution < 1.29 is 22.7 Å². The van der Waals surface area contributed by atoms with E-state index in [0.717, 1.165) is 37.9 Å². The van der Waals surface area contributed by atoms with Gasteiger partial charge in [-0.1, -0.05) is 6.07 Å². The van der Waals surface area contributed by atoms with Gasteiger partial charge in [-0.2, -0.15) is 0 Å². The number of nitrogens with zero attached hydrogens (tertiary/aromatic N) is 3. The van der Waals surface area contributed by atoms with E-state index < -0.39 is 6.36 Å². The zero-order valence-electron chi connectivity index (χ0n) is 16.8. The Hall–Kier alpha value is -2.94. The Morgan fingerprint density at radius 3 is 2.61 bits per heavy atom. The minimum atomic E-state index is -4.76. The van der Waals surface area contributed by atoms with E-state index in [1.54, 1.807) is 6.07 Å². The number of alkyl halides is 3. The summed E-state index contributed by atoms with van der Waals surface area (Å²) >= 11 is 0. The van der Waals surface area contributed by atoms with Crippen LogP contribution >= 0.6 is 12.4 Å². The average Bonchev–Trinajstić information content (AvgIpc) is 3.10. The Morgan fingerprint density at radius 1 is 1.16 bits per heavy atom. The van der Waals surface area contributed by atoms with Gasteiger partial charge in [-0.05, 0) is 37.5 Å². The molecule has 1 aromatic carbocycles. The Morgan fingerprint density at radius 2 is 1.90 bits per heavy atom. The number of anilines is 2. The zero-order chi connectivity index (χ0) is 21.3. The second-order valence-corrected chi connectivity index (χ2v) is 7.26. The number of hydrogen-bond donors (Lipinski definition) is 1. The molecule has 1 amide bonds. The molecule has 1 saturated heterocycles. The van der Waals surface area contributed by atoms with Crippen LogP contribution in [0.15, 0.2) is 42.7 Å². The van der Waals surface area contributed by atoms with Crippen LogP contribution in [0, 0.1) is 0 Å². The fourth-order valence-electron chi connectivity index (χ4n) is 3.75. The van der Waals surface area contributed by atoms with Gasteiger partial charge < -0.3 is 19.5 Å². The van der Waals surface area contributed by atoms with Crippen molar-refractivity contribution in [1.82, 2.24) is 14.5 Å². The molecule has 0 radical (unpaired) electrons. The maximum Gasteiger partial charge on any atom is 0.573 e. The number of piperidine rings is 1. The Kier molecular flexibility index (Phi) is 6.64.